The zero-order chi connectivity index (χ0) is 23.8. The van der Waals surface area contributed by atoms with Crippen molar-refractivity contribution in [3.8, 4) is 0 Å². The minimum atomic E-state index is -7.88. The van der Waals surface area contributed by atoms with Gasteiger partial charge in [0.15, 0.2) is 0 Å². The molecule has 176 valence electrons. The van der Waals surface area contributed by atoms with Crippen LogP contribution in [0.15, 0.2) is 6.20 Å². The lowest BCUT2D eigenvalue weighted by atomic mass is 9.92. The number of aryl methyl sites for hydroxylation is 2. The second-order valence-corrected chi connectivity index (χ2v) is 6.33. The molecule has 1 aromatic rings. The van der Waals surface area contributed by atoms with Crippen molar-refractivity contribution in [2.75, 3.05) is 0 Å². The molecule has 30 heavy (non-hydrogen) atoms. The van der Waals surface area contributed by atoms with Crippen molar-refractivity contribution < 1.29 is 57.1 Å². The van der Waals surface area contributed by atoms with Gasteiger partial charge in [-0.3, -0.25) is 4.68 Å². The molecular weight excluding hydrogens is 457 g/mol. The van der Waals surface area contributed by atoms with E-state index in [-0.39, 0.29) is 5.69 Å². The first-order valence-corrected chi connectivity index (χ1v) is 8.11. The number of unbranched alkanes of at least 4 members (excludes halogenated alkanes) is 1. The van der Waals surface area contributed by atoms with E-state index in [1.165, 1.54) is 0 Å². The van der Waals surface area contributed by atoms with Crippen LogP contribution in [0.2, 0.25) is 0 Å². The highest BCUT2D eigenvalue weighted by atomic mass is 19.4. The largest absolute Gasteiger partial charge is 0.460 e. The van der Waals surface area contributed by atoms with Crippen molar-refractivity contribution in [1.82, 2.24) is 15.0 Å². The lowest BCUT2D eigenvalue weighted by Gasteiger charge is -2.39. The topological polar surface area (TPSA) is 30.7 Å². The lowest BCUT2D eigenvalue weighted by Crippen LogP contribution is -2.70. The van der Waals surface area contributed by atoms with E-state index in [4.69, 9.17) is 0 Å². The summed E-state index contributed by atoms with van der Waals surface area (Å²) in [7, 11) is 0. The Bertz CT molecular complexity index is 708. The van der Waals surface area contributed by atoms with Gasteiger partial charge in [0.2, 0.25) is 0 Å². The van der Waals surface area contributed by atoms with Crippen LogP contribution < -0.4 is 0 Å². The molecule has 1 aromatic heterocycles. The highest BCUT2D eigenvalue weighted by molar-refractivity contribution is 5.10. The normalized spacial score (nSPS) is 15.0. The monoisotopic (exact) mass is 471 g/mol. The third-order valence-electron chi connectivity index (χ3n) is 4.03. The van der Waals surface area contributed by atoms with Crippen LogP contribution in [0.5, 0.6) is 0 Å². The summed E-state index contributed by atoms with van der Waals surface area (Å²) in [6.45, 7) is 0.490. The summed E-state index contributed by atoms with van der Waals surface area (Å²) in [6, 6.07) is 0. The number of rotatable bonds is 10. The number of nitrogens with zero attached hydrogens (tertiary/aromatic N) is 3. The van der Waals surface area contributed by atoms with Gasteiger partial charge in [0, 0.05) is 19.2 Å². The van der Waals surface area contributed by atoms with Crippen molar-refractivity contribution in [2.45, 2.75) is 74.9 Å². The zero-order valence-corrected chi connectivity index (χ0v) is 14.9. The van der Waals surface area contributed by atoms with Crippen LogP contribution in [-0.4, -0.2) is 50.8 Å². The molecule has 0 saturated carbocycles. The van der Waals surface area contributed by atoms with Crippen LogP contribution in [0.4, 0.5) is 57.1 Å². The third-order valence-corrected chi connectivity index (χ3v) is 4.03. The zero-order valence-electron chi connectivity index (χ0n) is 14.9. The fourth-order valence-electron chi connectivity index (χ4n) is 2.13. The summed E-state index contributed by atoms with van der Waals surface area (Å²) >= 11 is 0. The van der Waals surface area contributed by atoms with Crippen LogP contribution in [0, 0.1) is 0 Å². The standard InChI is InChI=1S/C14H14F13N3/c1-2-3-4-8-7-30(29-28-8)6-5-9(15,16)10(17,18)11(19,20)12(21,22)13(23,24)14(25,26)27/h7H,2-6H2,1H3. The highest BCUT2D eigenvalue weighted by Gasteiger charge is 2.90. The van der Waals surface area contributed by atoms with E-state index in [1.54, 1.807) is 6.92 Å². The molecule has 0 N–H and O–H groups in total. The van der Waals surface area contributed by atoms with Crippen molar-refractivity contribution in [1.29, 1.82) is 0 Å². The molecule has 0 fully saturated rings. The highest BCUT2D eigenvalue weighted by Crippen LogP contribution is 2.60. The Morgan fingerprint density at radius 2 is 1.27 bits per heavy atom. The Kier molecular flexibility index (Phi) is 7.05. The Labute approximate surface area is 160 Å². The van der Waals surface area contributed by atoms with Gasteiger partial charge in [0.1, 0.15) is 0 Å². The van der Waals surface area contributed by atoms with Gasteiger partial charge >= 0.3 is 35.8 Å². The van der Waals surface area contributed by atoms with E-state index in [1.807, 2.05) is 0 Å². The molecule has 1 heterocycles. The summed E-state index contributed by atoms with van der Waals surface area (Å²) in [5.74, 6) is -36.8. The minimum Gasteiger partial charge on any atom is -0.252 e. The molecule has 1 rings (SSSR count). The molecule has 0 unspecified atom stereocenters. The minimum absolute atomic E-state index is 0.202. The van der Waals surface area contributed by atoms with Gasteiger partial charge in [-0.15, -0.1) is 5.10 Å². The van der Waals surface area contributed by atoms with Gasteiger partial charge in [-0.1, -0.05) is 18.6 Å². The number of halogens is 13. The molecule has 0 aliphatic heterocycles. The van der Waals surface area contributed by atoms with Crippen molar-refractivity contribution in [3.05, 3.63) is 11.9 Å². The average Bonchev–Trinajstić information content (AvgIpc) is 3.04. The van der Waals surface area contributed by atoms with Crippen molar-refractivity contribution in [3.63, 3.8) is 0 Å². The quantitative estimate of drug-likeness (QED) is 0.407. The Hall–Kier alpha value is -1.77. The first kappa shape index (κ1) is 26.3. The maximum absolute atomic E-state index is 13.7. The first-order chi connectivity index (χ1) is 13.3. The summed E-state index contributed by atoms with van der Waals surface area (Å²) in [5, 5.41) is 6.67. The van der Waals surface area contributed by atoms with Crippen molar-refractivity contribution >= 4 is 0 Å². The molecule has 0 saturated heterocycles. The maximum Gasteiger partial charge on any atom is 0.460 e. The molecule has 0 spiro atoms. The van der Waals surface area contributed by atoms with Gasteiger partial charge in [-0.05, 0) is 12.8 Å². The van der Waals surface area contributed by atoms with Crippen molar-refractivity contribution in [2.24, 2.45) is 0 Å². The van der Waals surface area contributed by atoms with E-state index in [0.717, 1.165) is 6.20 Å². The fraction of sp³-hybridized carbons (Fsp3) is 0.857. The fourth-order valence-corrected chi connectivity index (χ4v) is 2.13. The predicted octanol–water partition coefficient (Wildman–Crippen LogP) is 5.75. The molecule has 0 aliphatic rings. The van der Waals surface area contributed by atoms with Gasteiger partial charge in [0.05, 0.1) is 5.69 Å². The van der Waals surface area contributed by atoms with E-state index in [2.05, 4.69) is 10.3 Å². The molecule has 0 amide bonds. The van der Waals surface area contributed by atoms with Gasteiger partial charge in [-0.2, -0.15) is 57.1 Å². The van der Waals surface area contributed by atoms with E-state index < -0.39 is 48.8 Å². The SMILES string of the molecule is CCCCc1cn(CCC(F)(F)C(F)(F)C(F)(F)C(F)(F)C(F)(F)C(F)(F)F)nn1. The molecule has 0 bridgehead atoms. The number of aromatic nitrogens is 3. The third kappa shape index (κ3) is 4.31. The molecule has 0 radical (unpaired) electrons. The smallest absolute Gasteiger partial charge is 0.252 e. The number of alkyl halides is 13. The number of hydrogen-bond acceptors (Lipinski definition) is 2. The lowest BCUT2D eigenvalue weighted by molar-refractivity contribution is -0.440. The van der Waals surface area contributed by atoms with Crippen LogP contribution in [0.3, 0.4) is 0 Å². The van der Waals surface area contributed by atoms with Gasteiger partial charge in [-0.25, -0.2) is 0 Å². The Morgan fingerprint density at radius 3 is 1.73 bits per heavy atom. The molecule has 3 nitrogen and oxygen atoms in total. The molecule has 0 aromatic carbocycles. The van der Waals surface area contributed by atoms with Crippen LogP contribution in [0.1, 0.15) is 31.9 Å². The molecule has 0 aliphatic carbocycles. The molecule has 16 heteroatoms. The van der Waals surface area contributed by atoms with Gasteiger partial charge < -0.3 is 0 Å². The Balaban J connectivity index is 3.12. The summed E-state index contributed by atoms with van der Waals surface area (Å²) < 4.78 is 169. The molecular formula is C14H14F13N3. The number of hydrogen-bond donors (Lipinski definition) is 0. The van der Waals surface area contributed by atoms with E-state index in [0.29, 0.717) is 23.9 Å². The average molecular weight is 471 g/mol. The summed E-state index contributed by atoms with van der Waals surface area (Å²) in [6.07, 6.45) is -7.24. The molecule has 0 atom stereocenters. The summed E-state index contributed by atoms with van der Waals surface area (Å²) in [5.41, 5.74) is 0.202. The second-order valence-electron chi connectivity index (χ2n) is 6.33. The van der Waals surface area contributed by atoms with Crippen LogP contribution in [0.25, 0.3) is 0 Å². The first-order valence-electron chi connectivity index (χ1n) is 8.11. The maximum atomic E-state index is 13.7. The summed E-state index contributed by atoms with van der Waals surface area (Å²) in [4.78, 5) is 0. The predicted molar refractivity (Wildman–Crippen MR) is 74.0 cm³/mol. The Morgan fingerprint density at radius 1 is 0.767 bits per heavy atom. The van der Waals surface area contributed by atoms with E-state index in [9.17, 15) is 57.1 Å². The van der Waals surface area contributed by atoms with Gasteiger partial charge in [0.25, 0.3) is 0 Å². The van der Waals surface area contributed by atoms with E-state index >= 15 is 0 Å². The second kappa shape index (κ2) is 8.05. The van der Waals surface area contributed by atoms with Crippen LogP contribution in [-0.2, 0) is 13.0 Å². The van der Waals surface area contributed by atoms with Crippen LogP contribution >= 0.6 is 0 Å².